The van der Waals surface area contributed by atoms with Crippen LogP contribution >= 0.6 is 0 Å². The highest BCUT2D eigenvalue weighted by atomic mass is 15.0. The highest BCUT2D eigenvalue weighted by molar-refractivity contribution is 6.12. The van der Waals surface area contributed by atoms with Gasteiger partial charge >= 0.3 is 0 Å². The molecule has 0 fully saturated rings. The molecule has 0 saturated heterocycles. The molecule has 0 N–H and O–H groups in total. The van der Waals surface area contributed by atoms with E-state index in [0.29, 0.717) is 11.8 Å². The van der Waals surface area contributed by atoms with Crippen LogP contribution in [0.25, 0.3) is 156 Å². The maximum absolute atomic E-state index is 6.12. The topological polar surface area (TPSA) is 35.6 Å². The van der Waals surface area contributed by atoms with Gasteiger partial charge in [-0.1, -0.05) is 283 Å². The number of aromatic nitrogens is 4. The van der Waals surface area contributed by atoms with Crippen LogP contribution in [0.4, 0.5) is 0 Å². The normalized spacial score (nSPS) is 15.9. The van der Waals surface area contributed by atoms with E-state index < -0.39 is 0 Å². The number of nitrogens with zero attached hydrogens (tertiary/aromatic N) is 4. The second kappa shape index (κ2) is 23.2. The van der Waals surface area contributed by atoms with Crippen LogP contribution < -0.4 is 0 Å². The minimum absolute atomic E-state index is 0.0793. The Bertz CT molecular complexity index is 6100. The van der Waals surface area contributed by atoms with Crippen LogP contribution in [0.15, 0.2) is 322 Å². The zero-order valence-corrected chi connectivity index (χ0v) is 57.5. The average Bonchev–Trinajstić information content (AvgIpc) is 1.49. The average molecular weight is 1310 g/mol. The molecule has 4 aliphatic carbocycles. The maximum atomic E-state index is 6.12. The number of allylic oxidation sites excluding steroid dienone is 5. The van der Waals surface area contributed by atoms with Gasteiger partial charge in [-0.15, -0.1) is 0 Å². The first-order valence-electron chi connectivity index (χ1n) is 36.1. The van der Waals surface area contributed by atoms with Crippen molar-refractivity contribution in [2.24, 2.45) is 5.92 Å². The summed E-state index contributed by atoms with van der Waals surface area (Å²) in [5.41, 5.74) is 35.7. The first kappa shape index (κ1) is 59.8. The number of rotatable bonds is 10. The van der Waals surface area contributed by atoms with Gasteiger partial charge in [0.1, 0.15) is 0 Å². The van der Waals surface area contributed by atoms with Crippen molar-refractivity contribution in [3.63, 3.8) is 0 Å². The number of hydrogen-bond donors (Lipinski definition) is 0. The summed E-state index contributed by atoms with van der Waals surface area (Å²) in [6, 6.07) is 110. The van der Waals surface area contributed by atoms with Crippen LogP contribution in [0.5, 0.6) is 0 Å². The smallest absolute Gasteiger partial charge is 0.0979 e. The van der Waals surface area contributed by atoms with E-state index in [-0.39, 0.29) is 10.8 Å². The minimum Gasteiger partial charge on any atom is -0.313 e. The Balaban J connectivity index is 0.796. The van der Waals surface area contributed by atoms with E-state index in [4.69, 9.17) is 9.97 Å². The Morgan fingerprint density at radius 2 is 0.775 bits per heavy atom. The monoisotopic (exact) mass is 1300 g/mol. The Kier molecular flexibility index (Phi) is 13.6. The Labute approximate surface area is 595 Å². The summed E-state index contributed by atoms with van der Waals surface area (Å²) in [6.45, 7) is 9.59. The van der Waals surface area contributed by atoms with Crippen molar-refractivity contribution < 1.29 is 0 Å². The summed E-state index contributed by atoms with van der Waals surface area (Å²) in [5.74, 6) is 0.719. The molecule has 20 rings (SSSR count). The van der Waals surface area contributed by atoms with E-state index in [1.807, 2.05) is 0 Å². The fourth-order valence-electron chi connectivity index (χ4n) is 17.9. The fourth-order valence-corrected chi connectivity index (χ4v) is 17.9. The molecule has 0 spiro atoms. The van der Waals surface area contributed by atoms with Crippen LogP contribution in [-0.4, -0.2) is 19.1 Å². The standard InChI is InChI=1S/C98H72N4/c1-97(2)85-31-19-17-29-77(85)79-47-37-71(59-87(79)97)75-49-50-76(72-38-48-80-78-30-18-20-32-86(78)98(3,4)88(80)60-72)96-95(75)99-93(65-33-43-73(44-34-65)101-89-51-39-67(61-21-9-5-10-22-61)55-81(89)82-56-68(40-52-90(82)101)62-23-11-6-12-24-62)94(100-96)66-35-45-74(46-36-66)102-91-53-41-69(63-25-13-7-14-26-63)57-83(91)84-58-70(42-54-92(84)102)64-27-15-8-16-28-64/h5-41,43-53,55-60,78,86H,42,54H2,1-4H3. The van der Waals surface area contributed by atoms with Gasteiger partial charge in [-0.2, -0.15) is 0 Å². The predicted octanol–water partition coefficient (Wildman–Crippen LogP) is 25.2. The third kappa shape index (κ3) is 9.42. The Morgan fingerprint density at radius 1 is 0.333 bits per heavy atom. The van der Waals surface area contributed by atoms with Gasteiger partial charge in [0.05, 0.1) is 39.0 Å². The van der Waals surface area contributed by atoms with Crippen LogP contribution in [-0.2, 0) is 17.3 Å². The summed E-state index contributed by atoms with van der Waals surface area (Å²) < 4.78 is 4.95. The lowest BCUT2D eigenvalue weighted by Crippen LogP contribution is -2.24. The van der Waals surface area contributed by atoms with Gasteiger partial charge in [-0.3, -0.25) is 0 Å². The highest BCUT2D eigenvalue weighted by Crippen LogP contribution is 2.55. The van der Waals surface area contributed by atoms with Gasteiger partial charge < -0.3 is 9.13 Å². The van der Waals surface area contributed by atoms with Gasteiger partial charge in [-0.05, 0) is 186 Å². The fraction of sp³-hybridized carbons (Fsp3) is 0.102. The molecule has 13 aromatic carbocycles. The number of fused-ring (bicyclic) bond motifs is 13. The molecule has 0 saturated carbocycles. The molecule has 4 aliphatic rings. The third-order valence-electron chi connectivity index (χ3n) is 23.2. The molecule has 3 aromatic heterocycles. The molecule has 2 atom stereocenters. The van der Waals surface area contributed by atoms with Gasteiger partial charge in [0.15, 0.2) is 0 Å². The molecule has 16 aromatic rings. The van der Waals surface area contributed by atoms with Crippen LogP contribution in [0, 0.1) is 5.92 Å². The molecule has 2 unspecified atom stereocenters. The van der Waals surface area contributed by atoms with Crippen molar-refractivity contribution >= 4 is 55.4 Å². The number of benzene rings is 13. The van der Waals surface area contributed by atoms with Crippen LogP contribution in [0.2, 0.25) is 0 Å². The largest absolute Gasteiger partial charge is 0.313 e. The summed E-state index contributed by atoms with van der Waals surface area (Å²) in [5, 5.41) is 3.67. The van der Waals surface area contributed by atoms with Crippen LogP contribution in [0.1, 0.15) is 79.1 Å². The second-order valence-corrected chi connectivity index (χ2v) is 29.5. The second-order valence-electron chi connectivity index (χ2n) is 29.5. The molecular formula is C98H72N4. The van der Waals surface area contributed by atoms with Gasteiger partial charge in [-0.25, -0.2) is 9.97 Å². The third-order valence-corrected chi connectivity index (χ3v) is 23.2. The van der Waals surface area contributed by atoms with Gasteiger partial charge in [0.25, 0.3) is 0 Å². The summed E-state index contributed by atoms with van der Waals surface area (Å²) >= 11 is 0. The maximum Gasteiger partial charge on any atom is 0.0979 e. The molecule has 3 heterocycles. The van der Waals surface area contributed by atoms with Crippen molar-refractivity contribution in [1.29, 1.82) is 0 Å². The van der Waals surface area contributed by atoms with Crippen molar-refractivity contribution in [2.45, 2.75) is 57.3 Å². The highest BCUT2D eigenvalue weighted by Gasteiger charge is 2.45. The molecule has 0 radical (unpaired) electrons. The van der Waals surface area contributed by atoms with Gasteiger partial charge in [0.2, 0.25) is 0 Å². The quantitative estimate of drug-likeness (QED) is 0.137. The molecule has 484 valence electrons. The Hall–Kier alpha value is -12.2. The summed E-state index contributed by atoms with van der Waals surface area (Å²) in [7, 11) is 0. The van der Waals surface area contributed by atoms with E-state index in [1.54, 1.807) is 0 Å². The first-order chi connectivity index (χ1) is 50.1. The molecule has 0 bridgehead atoms. The zero-order valence-electron chi connectivity index (χ0n) is 57.5. The van der Waals surface area contributed by atoms with E-state index in [9.17, 15) is 0 Å². The molecule has 4 heteroatoms. The van der Waals surface area contributed by atoms with Crippen molar-refractivity contribution in [3.8, 4) is 101 Å². The van der Waals surface area contributed by atoms with Gasteiger partial charge in [0, 0.05) is 72.4 Å². The van der Waals surface area contributed by atoms with E-state index in [1.165, 1.54) is 111 Å². The first-order valence-corrected chi connectivity index (χ1v) is 36.1. The van der Waals surface area contributed by atoms with Crippen molar-refractivity contribution in [3.05, 3.63) is 361 Å². The molecular weight excluding hydrogens is 1230 g/mol. The Morgan fingerprint density at radius 3 is 1.34 bits per heavy atom. The predicted molar refractivity (Wildman–Crippen MR) is 426 cm³/mol. The SMILES string of the molecule is CC1(C)c2ccccc2-c2ccc(-c3ccc(-c4ccc5c(c4)C(C)(C)C4C=CC=CC54)c4nc(-c5ccc(-n6c7c(c8cc(-c9ccccc9)ccc86)C=C(c6ccccc6)CC7)cc5)c(-c5ccc(-n6c7ccc(-c8ccccc8)cc7c7cc(-c8ccccc8)ccc76)cc5)nc34)cc21. The van der Waals surface area contributed by atoms with E-state index in [2.05, 4.69) is 364 Å². The lowest BCUT2D eigenvalue weighted by molar-refractivity contribution is 0.394. The summed E-state index contributed by atoms with van der Waals surface area (Å²) in [4.78, 5) is 12.2. The van der Waals surface area contributed by atoms with Crippen molar-refractivity contribution in [2.75, 3.05) is 0 Å². The molecule has 0 amide bonds. The van der Waals surface area contributed by atoms with Crippen LogP contribution in [0.3, 0.4) is 0 Å². The molecule has 0 aliphatic heterocycles. The molecule has 102 heavy (non-hydrogen) atoms. The van der Waals surface area contributed by atoms with Crippen molar-refractivity contribution in [1.82, 2.24) is 19.1 Å². The zero-order chi connectivity index (χ0) is 68.0. The minimum atomic E-state index is -0.196. The van der Waals surface area contributed by atoms with E-state index >= 15 is 0 Å². The summed E-state index contributed by atoms with van der Waals surface area (Å²) in [6.07, 6.45) is 13.6. The number of hydrogen-bond acceptors (Lipinski definition) is 2. The van der Waals surface area contributed by atoms with E-state index in [0.717, 1.165) is 91.1 Å². The lowest BCUT2D eigenvalue weighted by Gasteiger charge is -2.29. The molecule has 4 nitrogen and oxygen atoms in total. The lowest BCUT2D eigenvalue weighted by atomic mass is 9.74.